The molecule has 2 N–H and O–H groups in total. The molecule has 0 unspecified atom stereocenters. The summed E-state index contributed by atoms with van der Waals surface area (Å²) in [6, 6.07) is 0. The van der Waals surface area contributed by atoms with Crippen LogP contribution >= 0.6 is 0 Å². The Balaban J connectivity index is 3.18. The second-order valence-corrected chi connectivity index (χ2v) is 4.10. The zero-order chi connectivity index (χ0) is 10.8. The largest absolute Gasteiger partial charge is 0.390 e. The summed E-state index contributed by atoms with van der Waals surface area (Å²) in [4.78, 5) is 0. The van der Waals surface area contributed by atoms with E-state index in [0.717, 1.165) is 12.8 Å². The average Bonchev–Trinajstić information content (AvgIpc) is 2.21. The fourth-order valence-electron chi connectivity index (χ4n) is 1.60. The molecule has 2 heteroatoms. The van der Waals surface area contributed by atoms with Gasteiger partial charge in [-0.1, -0.05) is 52.4 Å². The fraction of sp³-hybridized carbons (Fsp3) is 1.00. The third kappa shape index (κ3) is 7.34. The highest BCUT2D eigenvalue weighted by Crippen LogP contribution is 2.11. The molecule has 86 valence electrons. The summed E-state index contributed by atoms with van der Waals surface area (Å²) in [6.45, 7) is 4.11. The molecule has 0 fully saturated rings. The van der Waals surface area contributed by atoms with E-state index < -0.39 is 12.2 Å². The van der Waals surface area contributed by atoms with E-state index in [2.05, 4.69) is 6.92 Å². The summed E-state index contributed by atoms with van der Waals surface area (Å²) in [5, 5.41) is 18.8. The third-order valence-electron chi connectivity index (χ3n) is 2.72. The Labute approximate surface area is 88.3 Å². The zero-order valence-electron chi connectivity index (χ0n) is 9.71. The Morgan fingerprint density at radius 2 is 1.36 bits per heavy atom. The van der Waals surface area contributed by atoms with Crippen molar-refractivity contribution in [2.24, 2.45) is 0 Å². The van der Waals surface area contributed by atoms with Crippen molar-refractivity contribution >= 4 is 0 Å². The normalized spacial score (nSPS) is 15.4. The molecule has 0 aliphatic rings. The van der Waals surface area contributed by atoms with Crippen LogP contribution in [-0.2, 0) is 0 Å². The van der Waals surface area contributed by atoms with Gasteiger partial charge in [0.2, 0.25) is 0 Å². The number of aliphatic hydroxyl groups excluding tert-OH is 2. The molecule has 0 amide bonds. The predicted octanol–water partition coefficient (Wildman–Crippen LogP) is 2.87. The van der Waals surface area contributed by atoms with E-state index in [1.807, 2.05) is 6.92 Å². The lowest BCUT2D eigenvalue weighted by Crippen LogP contribution is -2.24. The maximum absolute atomic E-state index is 9.47. The average molecular weight is 202 g/mol. The van der Waals surface area contributed by atoms with Crippen LogP contribution in [0.4, 0.5) is 0 Å². The predicted molar refractivity (Wildman–Crippen MR) is 60.3 cm³/mol. The number of hydrogen-bond donors (Lipinski definition) is 2. The molecule has 0 rings (SSSR count). The van der Waals surface area contributed by atoms with Gasteiger partial charge in [-0.2, -0.15) is 0 Å². The lowest BCUT2D eigenvalue weighted by atomic mass is 10.0. The van der Waals surface area contributed by atoms with Gasteiger partial charge >= 0.3 is 0 Å². The van der Waals surface area contributed by atoms with Crippen molar-refractivity contribution in [3.63, 3.8) is 0 Å². The molecule has 0 aliphatic carbocycles. The van der Waals surface area contributed by atoms with Gasteiger partial charge in [0.15, 0.2) is 0 Å². The second kappa shape index (κ2) is 9.47. The van der Waals surface area contributed by atoms with E-state index in [0.29, 0.717) is 6.42 Å². The highest BCUT2D eigenvalue weighted by Gasteiger charge is 2.12. The van der Waals surface area contributed by atoms with Crippen LogP contribution in [0.15, 0.2) is 0 Å². The van der Waals surface area contributed by atoms with Crippen molar-refractivity contribution in [3.05, 3.63) is 0 Å². The summed E-state index contributed by atoms with van der Waals surface area (Å²) in [5.41, 5.74) is 0. The van der Waals surface area contributed by atoms with Crippen molar-refractivity contribution in [2.45, 2.75) is 77.4 Å². The van der Waals surface area contributed by atoms with Crippen LogP contribution in [0, 0.1) is 0 Å². The minimum Gasteiger partial charge on any atom is -0.390 e. The van der Waals surface area contributed by atoms with Gasteiger partial charge in [-0.05, 0) is 12.8 Å². The van der Waals surface area contributed by atoms with E-state index >= 15 is 0 Å². The number of aliphatic hydroxyl groups is 2. The summed E-state index contributed by atoms with van der Waals surface area (Å²) < 4.78 is 0. The maximum atomic E-state index is 9.47. The van der Waals surface area contributed by atoms with Crippen LogP contribution in [0.3, 0.4) is 0 Å². The van der Waals surface area contributed by atoms with Gasteiger partial charge in [-0.3, -0.25) is 0 Å². The number of hydrogen-bond acceptors (Lipinski definition) is 2. The molecule has 0 aromatic rings. The molecule has 0 spiro atoms. The molecule has 0 heterocycles. The summed E-state index contributed by atoms with van der Waals surface area (Å²) in [7, 11) is 0. The number of rotatable bonds is 9. The van der Waals surface area contributed by atoms with Crippen molar-refractivity contribution < 1.29 is 10.2 Å². The highest BCUT2D eigenvalue weighted by molar-refractivity contribution is 4.65. The first kappa shape index (κ1) is 13.9. The molecule has 2 nitrogen and oxygen atoms in total. The highest BCUT2D eigenvalue weighted by atomic mass is 16.3. The second-order valence-electron chi connectivity index (χ2n) is 4.10. The Morgan fingerprint density at radius 3 is 1.93 bits per heavy atom. The van der Waals surface area contributed by atoms with Gasteiger partial charge < -0.3 is 10.2 Å². The molecule has 0 saturated carbocycles. The van der Waals surface area contributed by atoms with Crippen molar-refractivity contribution in [2.75, 3.05) is 0 Å². The summed E-state index contributed by atoms with van der Waals surface area (Å²) in [6.07, 6.45) is 7.77. The van der Waals surface area contributed by atoms with Gasteiger partial charge in [0.1, 0.15) is 0 Å². The summed E-state index contributed by atoms with van der Waals surface area (Å²) in [5.74, 6) is 0. The van der Waals surface area contributed by atoms with Gasteiger partial charge in [-0.25, -0.2) is 0 Å². The topological polar surface area (TPSA) is 40.5 Å². The van der Waals surface area contributed by atoms with Gasteiger partial charge in [0.05, 0.1) is 12.2 Å². The molecular formula is C12H26O2. The van der Waals surface area contributed by atoms with Crippen LogP contribution < -0.4 is 0 Å². The Hall–Kier alpha value is -0.0800. The molecule has 14 heavy (non-hydrogen) atoms. The molecule has 0 aromatic carbocycles. The van der Waals surface area contributed by atoms with Crippen LogP contribution in [0.25, 0.3) is 0 Å². The SMILES string of the molecule is CCCCCCCC[C@H](O)[C@@H](O)CC. The smallest absolute Gasteiger partial charge is 0.0799 e. The summed E-state index contributed by atoms with van der Waals surface area (Å²) >= 11 is 0. The minimum atomic E-state index is -0.523. The minimum absolute atomic E-state index is 0.508. The van der Waals surface area contributed by atoms with E-state index in [1.54, 1.807) is 0 Å². The first-order valence-corrected chi connectivity index (χ1v) is 6.08. The monoisotopic (exact) mass is 202 g/mol. The van der Waals surface area contributed by atoms with Gasteiger partial charge in [-0.15, -0.1) is 0 Å². The fourth-order valence-corrected chi connectivity index (χ4v) is 1.60. The molecule has 0 aromatic heterocycles. The van der Waals surface area contributed by atoms with Crippen LogP contribution in [0.5, 0.6) is 0 Å². The maximum Gasteiger partial charge on any atom is 0.0799 e. The Kier molecular flexibility index (Phi) is 9.42. The van der Waals surface area contributed by atoms with E-state index in [4.69, 9.17) is 0 Å². The molecule has 0 bridgehead atoms. The Bertz CT molecular complexity index is 115. The van der Waals surface area contributed by atoms with Gasteiger partial charge in [0, 0.05) is 0 Å². The van der Waals surface area contributed by atoms with E-state index in [9.17, 15) is 10.2 Å². The van der Waals surface area contributed by atoms with Crippen LogP contribution in [0.1, 0.15) is 65.2 Å². The number of unbranched alkanes of at least 4 members (excludes halogenated alkanes) is 5. The lowest BCUT2D eigenvalue weighted by molar-refractivity contribution is 0.0114. The van der Waals surface area contributed by atoms with Crippen molar-refractivity contribution in [3.8, 4) is 0 Å². The van der Waals surface area contributed by atoms with E-state index in [-0.39, 0.29) is 0 Å². The molecule has 0 radical (unpaired) electrons. The molecule has 0 aliphatic heterocycles. The van der Waals surface area contributed by atoms with Gasteiger partial charge in [0.25, 0.3) is 0 Å². The van der Waals surface area contributed by atoms with E-state index in [1.165, 1.54) is 32.1 Å². The van der Waals surface area contributed by atoms with Crippen LogP contribution in [0.2, 0.25) is 0 Å². The van der Waals surface area contributed by atoms with Crippen molar-refractivity contribution in [1.82, 2.24) is 0 Å². The zero-order valence-corrected chi connectivity index (χ0v) is 9.71. The first-order chi connectivity index (χ1) is 6.72. The first-order valence-electron chi connectivity index (χ1n) is 6.08. The molecule has 0 saturated heterocycles. The van der Waals surface area contributed by atoms with Crippen LogP contribution in [-0.4, -0.2) is 22.4 Å². The quantitative estimate of drug-likeness (QED) is 0.564. The third-order valence-corrected chi connectivity index (χ3v) is 2.72. The molecule has 2 atom stereocenters. The standard InChI is InChI=1S/C12H26O2/c1-3-5-6-7-8-9-10-12(14)11(13)4-2/h11-14H,3-10H2,1-2H3/t11-,12-/m0/s1. The Morgan fingerprint density at radius 1 is 0.786 bits per heavy atom. The lowest BCUT2D eigenvalue weighted by Gasteiger charge is -2.15. The van der Waals surface area contributed by atoms with Crippen molar-refractivity contribution in [1.29, 1.82) is 0 Å². The molecular weight excluding hydrogens is 176 g/mol.